The second-order valence-corrected chi connectivity index (χ2v) is 10.5. The molecule has 2 heterocycles. The lowest BCUT2D eigenvalue weighted by atomic mass is 10.0. The summed E-state index contributed by atoms with van der Waals surface area (Å²) in [5.41, 5.74) is 3.78. The maximum atomic E-state index is 11.7. The van der Waals surface area contributed by atoms with E-state index in [1.54, 1.807) is 24.6 Å². The molecule has 0 aliphatic carbocycles. The van der Waals surface area contributed by atoms with E-state index >= 15 is 0 Å². The maximum absolute atomic E-state index is 11.7. The van der Waals surface area contributed by atoms with Gasteiger partial charge in [-0.3, -0.25) is 0 Å². The number of ether oxygens (including phenoxy) is 2. The predicted molar refractivity (Wildman–Crippen MR) is 162 cm³/mol. The second-order valence-electron chi connectivity index (χ2n) is 10.5. The average molecular weight is 546 g/mol. The number of fused-ring (bicyclic) bond motifs is 2. The number of rotatable bonds is 10. The largest absolute Gasteiger partial charge is 0.493 e. The molecule has 0 atom stereocenters. The van der Waals surface area contributed by atoms with E-state index < -0.39 is 11.5 Å². The molecule has 0 spiro atoms. The van der Waals surface area contributed by atoms with E-state index in [9.17, 15) is 9.90 Å². The summed E-state index contributed by atoms with van der Waals surface area (Å²) in [6.07, 6.45) is 2.49. The van der Waals surface area contributed by atoms with Crippen LogP contribution in [-0.2, 0) is 10.3 Å². The number of carboxylic acids is 1. The van der Waals surface area contributed by atoms with Crippen LogP contribution in [-0.4, -0.2) is 28.9 Å². The van der Waals surface area contributed by atoms with Crippen molar-refractivity contribution < 1.29 is 23.8 Å². The Hall–Kier alpha value is -4.97. The van der Waals surface area contributed by atoms with Gasteiger partial charge >= 0.3 is 5.97 Å². The first-order chi connectivity index (χ1) is 19.9. The lowest BCUT2D eigenvalue weighted by Gasteiger charge is -2.23. The first kappa shape index (κ1) is 26.3. The fraction of sp³-hybridized carbons (Fsp3) is 0.171. The highest BCUT2D eigenvalue weighted by atomic mass is 16.5. The first-order valence-corrected chi connectivity index (χ1v) is 13.7. The van der Waals surface area contributed by atoms with Crippen molar-refractivity contribution in [1.29, 1.82) is 0 Å². The van der Waals surface area contributed by atoms with Gasteiger partial charge in [0.05, 0.1) is 18.8 Å². The summed E-state index contributed by atoms with van der Waals surface area (Å²) in [7, 11) is 0. The molecule has 6 aromatic rings. The molecule has 0 saturated heterocycles. The third-order valence-electron chi connectivity index (χ3n) is 7.38. The molecule has 0 fully saturated rings. The van der Waals surface area contributed by atoms with Crippen LogP contribution in [0.1, 0.15) is 20.3 Å². The molecular formula is C35H31NO5. The Morgan fingerprint density at radius 2 is 1.59 bits per heavy atom. The Labute approximate surface area is 238 Å². The third kappa shape index (κ3) is 5.29. The van der Waals surface area contributed by atoms with Gasteiger partial charge in [0.25, 0.3) is 0 Å². The number of furan rings is 1. The normalized spacial score (nSPS) is 11.7. The molecule has 0 unspecified atom stereocenters. The number of para-hydroxylation sites is 1. The monoisotopic (exact) mass is 545 g/mol. The van der Waals surface area contributed by atoms with Crippen LogP contribution in [0, 0.1) is 0 Å². The van der Waals surface area contributed by atoms with E-state index in [0.29, 0.717) is 19.6 Å². The Kier molecular flexibility index (Phi) is 6.98. The lowest BCUT2D eigenvalue weighted by molar-refractivity contribution is -0.145. The molecule has 0 aliphatic rings. The first-order valence-electron chi connectivity index (χ1n) is 13.7. The molecule has 206 valence electrons. The van der Waals surface area contributed by atoms with Crippen molar-refractivity contribution in [1.82, 2.24) is 4.57 Å². The number of carbonyl (C=O) groups is 1. The standard InChI is InChI=1S/C35H31NO5/c1-35(2,34(37)38)36-18-17-26-21-28(14-15-30(26)36)39-19-8-20-40-32-16-13-25(24-9-4-3-5-10-24)22-29(32)33-23-27-11-6-7-12-31(27)41-33/h3-7,9-18,21-23H,8,19-20H2,1-2H3,(H,37,38). The number of nitrogens with zero attached hydrogens (tertiary/aromatic N) is 1. The van der Waals surface area contributed by atoms with Gasteiger partial charge in [-0.15, -0.1) is 0 Å². The van der Waals surface area contributed by atoms with E-state index in [0.717, 1.165) is 55.8 Å². The quantitative estimate of drug-likeness (QED) is 0.175. The Morgan fingerprint density at radius 3 is 2.39 bits per heavy atom. The fourth-order valence-corrected chi connectivity index (χ4v) is 5.01. The number of hydrogen-bond donors (Lipinski definition) is 1. The van der Waals surface area contributed by atoms with Gasteiger partial charge in [0, 0.05) is 28.9 Å². The number of aromatic nitrogens is 1. The molecule has 0 bridgehead atoms. The molecule has 2 aromatic heterocycles. The van der Waals surface area contributed by atoms with Crippen molar-refractivity contribution in [3.63, 3.8) is 0 Å². The Balaban J connectivity index is 1.15. The Bertz CT molecular complexity index is 1800. The number of aliphatic carboxylic acids is 1. The van der Waals surface area contributed by atoms with Crippen LogP contribution in [0.3, 0.4) is 0 Å². The fourth-order valence-electron chi connectivity index (χ4n) is 5.01. The zero-order chi connectivity index (χ0) is 28.4. The number of benzene rings is 4. The van der Waals surface area contributed by atoms with E-state index in [1.165, 1.54) is 0 Å². The molecule has 41 heavy (non-hydrogen) atoms. The van der Waals surface area contributed by atoms with Gasteiger partial charge in [0.1, 0.15) is 28.4 Å². The molecule has 0 aliphatic heterocycles. The highest BCUT2D eigenvalue weighted by Gasteiger charge is 2.30. The summed E-state index contributed by atoms with van der Waals surface area (Å²) in [6, 6.07) is 34.1. The summed E-state index contributed by atoms with van der Waals surface area (Å²) in [4.78, 5) is 11.7. The van der Waals surface area contributed by atoms with Gasteiger partial charge in [-0.05, 0) is 73.5 Å². The molecule has 0 amide bonds. The van der Waals surface area contributed by atoms with Gasteiger partial charge < -0.3 is 23.6 Å². The van der Waals surface area contributed by atoms with Gasteiger partial charge in [-0.25, -0.2) is 4.79 Å². The van der Waals surface area contributed by atoms with Crippen molar-refractivity contribution in [2.75, 3.05) is 13.2 Å². The SMILES string of the molecule is CC(C)(C(=O)O)n1ccc2cc(OCCCOc3ccc(-c4ccccc4)cc3-c3cc4ccccc4o3)ccc21. The van der Waals surface area contributed by atoms with Crippen LogP contribution in [0.15, 0.2) is 114 Å². The van der Waals surface area contributed by atoms with Crippen LogP contribution < -0.4 is 9.47 Å². The highest BCUT2D eigenvalue weighted by molar-refractivity contribution is 5.86. The van der Waals surface area contributed by atoms with E-state index in [2.05, 4.69) is 30.3 Å². The minimum Gasteiger partial charge on any atom is -0.493 e. The van der Waals surface area contributed by atoms with Crippen LogP contribution in [0.5, 0.6) is 11.5 Å². The molecule has 0 radical (unpaired) electrons. The summed E-state index contributed by atoms with van der Waals surface area (Å²) in [5.74, 6) is 1.38. The van der Waals surface area contributed by atoms with E-state index in [4.69, 9.17) is 13.9 Å². The summed E-state index contributed by atoms with van der Waals surface area (Å²) in [5, 5.41) is 11.6. The van der Waals surface area contributed by atoms with Crippen LogP contribution >= 0.6 is 0 Å². The van der Waals surface area contributed by atoms with Gasteiger partial charge in [-0.2, -0.15) is 0 Å². The van der Waals surface area contributed by atoms with Crippen molar-refractivity contribution in [2.45, 2.75) is 25.8 Å². The summed E-state index contributed by atoms with van der Waals surface area (Å²) < 4.78 is 20.2. The van der Waals surface area contributed by atoms with Gasteiger partial charge in [-0.1, -0.05) is 54.6 Å². The van der Waals surface area contributed by atoms with Crippen molar-refractivity contribution >= 4 is 27.8 Å². The minimum atomic E-state index is -1.04. The summed E-state index contributed by atoms with van der Waals surface area (Å²) >= 11 is 0. The van der Waals surface area contributed by atoms with Crippen molar-refractivity contribution in [2.24, 2.45) is 0 Å². The van der Waals surface area contributed by atoms with Crippen molar-refractivity contribution in [3.05, 3.63) is 109 Å². The van der Waals surface area contributed by atoms with E-state index in [1.807, 2.05) is 72.8 Å². The molecule has 6 nitrogen and oxygen atoms in total. The molecule has 0 saturated carbocycles. The van der Waals surface area contributed by atoms with Gasteiger partial charge in [0.2, 0.25) is 0 Å². The van der Waals surface area contributed by atoms with Crippen LogP contribution in [0.2, 0.25) is 0 Å². The predicted octanol–water partition coefficient (Wildman–Crippen LogP) is 8.39. The molecule has 4 aromatic carbocycles. The molecule has 1 N–H and O–H groups in total. The second kappa shape index (κ2) is 10.9. The molecule has 6 rings (SSSR count). The van der Waals surface area contributed by atoms with Crippen LogP contribution in [0.4, 0.5) is 0 Å². The summed E-state index contributed by atoms with van der Waals surface area (Å²) in [6.45, 7) is 4.33. The number of carboxylic acid groups (broad SMARTS) is 1. The minimum absolute atomic E-state index is 0.476. The van der Waals surface area contributed by atoms with Crippen molar-refractivity contribution in [3.8, 4) is 33.9 Å². The maximum Gasteiger partial charge on any atom is 0.329 e. The molecular weight excluding hydrogens is 514 g/mol. The lowest BCUT2D eigenvalue weighted by Crippen LogP contribution is -2.34. The van der Waals surface area contributed by atoms with Crippen LogP contribution in [0.25, 0.3) is 44.3 Å². The Morgan fingerprint density at radius 1 is 0.805 bits per heavy atom. The van der Waals surface area contributed by atoms with Gasteiger partial charge in [0.15, 0.2) is 0 Å². The third-order valence-corrected chi connectivity index (χ3v) is 7.38. The average Bonchev–Trinajstić information content (AvgIpc) is 3.62. The number of hydrogen-bond acceptors (Lipinski definition) is 4. The topological polar surface area (TPSA) is 73.8 Å². The smallest absolute Gasteiger partial charge is 0.329 e. The zero-order valence-electron chi connectivity index (χ0n) is 23.0. The van der Waals surface area contributed by atoms with E-state index in [-0.39, 0.29) is 0 Å². The zero-order valence-corrected chi connectivity index (χ0v) is 23.0. The highest BCUT2D eigenvalue weighted by Crippen LogP contribution is 2.37. The molecule has 6 heteroatoms.